The van der Waals surface area contributed by atoms with Crippen LogP contribution < -0.4 is 10.2 Å². The molecule has 0 aromatic heterocycles. The van der Waals surface area contributed by atoms with Crippen LogP contribution in [0, 0.1) is 15.9 Å². The van der Waals surface area contributed by atoms with E-state index >= 15 is 0 Å². The number of benzene rings is 2. The van der Waals surface area contributed by atoms with E-state index in [0.29, 0.717) is 18.7 Å². The molecule has 0 bridgehead atoms. The second-order valence-corrected chi connectivity index (χ2v) is 6.64. The van der Waals surface area contributed by atoms with Crippen molar-refractivity contribution in [1.29, 1.82) is 0 Å². The van der Waals surface area contributed by atoms with Gasteiger partial charge in [0.15, 0.2) is 0 Å². The fourth-order valence-corrected chi connectivity index (χ4v) is 3.29. The first kappa shape index (κ1) is 18.8. The highest BCUT2D eigenvalue weighted by Crippen LogP contribution is 2.31. The van der Waals surface area contributed by atoms with Crippen molar-refractivity contribution >= 4 is 17.3 Å². The van der Waals surface area contributed by atoms with E-state index in [1.165, 1.54) is 18.2 Å². The molecule has 0 atom stereocenters. The molecule has 1 heterocycles. The van der Waals surface area contributed by atoms with E-state index in [1.54, 1.807) is 24.3 Å². The lowest BCUT2D eigenvalue weighted by Gasteiger charge is -2.28. The lowest BCUT2D eigenvalue weighted by Crippen LogP contribution is -2.30. The first-order valence-electron chi connectivity index (χ1n) is 9.10. The Morgan fingerprint density at radius 2 is 1.81 bits per heavy atom. The van der Waals surface area contributed by atoms with Crippen LogP contribution in [0.15, 0.2) is 42.5 Å². The second-order valence-electron chi connectivity index (χ2n) is 6.64. The number of nitro groups is 1. The van der Waals surface area contributed by atoms with Gasteiger partial charge in [-0.25, -0.2) is 4.39 Å². The number of amides is 1. The summed E-state index contributed by atoms with van der Waals surface area (Å²) < 4.78 is 12.9. The number of nitrogens with one attached hydrogen (secondary N) is 1. The van der Waals surface area contributed by atoms with E-state index < -0.39 is 4.92 Å². The molecule has 6 nitrogen and oxygen atoms in total. The highest BCUT2D eigenvalue weighted by Gasteiger charge is 2.23. The molecule has 7 heteroatoms. The maximum Gasteiger partial charge on any atom is 0.293 e. The summed E-state index contributed by atoms with van der Waals surface area (Å²) in [7, 11) is 0. The maximum atomic E-state index is 12.9. The number of hydrogen-bond donors (Lipinski definition) is 1. The second kappa shape index (κ2) is 8.62. The van der Waals surface area contributed by atoms with Crippen molar-refractivity contribution in [3.05, 3.63) is 69.5 Å². The average Bonchev–Trinajstić information content (AvgIpc) is 2.69. The molecule has 1 amide bonds. The van der Waals surface area contributed by atoms with Gasteiger partial charge in [0.25, 0.3) is 11.6 Å². The lowest BCUT2D eigenvalue weighted by molar-refractivity contribution is -0.384. The van der Waals surface area contributed by atoms with Gasteiger partial charge in [0, 0.05) is 31.3 Å². The summed E-state index contributed by atoms with van der Waals surface area (Å²) in [5.74, 6) is -0.658. The van der Waals surface area contributed by atoms with Crippen molar-refractivity contribution in [2.45, 2.75) is 25.7 Å². The Morgan fingerprint density at radius 3 is 2.48 bits per heavy atom. The minimum absolute atomic E-state index is 0.0388. The third-order valence-corrected chi connectivity index (χ3v) is 4.74. The molecule has 1 saturated heterocycles. The standard InChI is InChI=1S/C20H22FN3O3/c21-17-7-4-15(5-8-17)10-11-22-20(25)16-6-9-18(19(14-16)24(26)27)23-12-2-1-3-13-23/h4-9,14H,1-3,10-13H2,(H,22,25). The summed E-state index contributed by atoms with van der Waals surface area (Å²) in [5, 5.41) is 14.2. The Kier molecular flexibility index (Phi) is 6.01. The Labute approximate surface area is 157 Å². The fraction of sp³-hybridized carbons (Fsp3) is 0.350. The van der Waals surface area contributed by atoms with Crippen molar-refractivity contribution in [2.24, 2.45) is 0 Å². The van der Waals surface area contributed by atoms with Gasteiger partial charge in [-0.2, -0.15) is 0 Å². The van der Waals surface area contributed by atoms with Gasteiger partial charge in [-0.3, -0.25) is 14.9 Å². The van der Waals surface area contributed by atoms with Crippen molar-refractivity contribution in [2.75, 3.05) is 24.5 Å². The number of anilines is 1. The zero-order chi connectivity index (χ0) is 19.2. The third-order valence-electron chi connectivity index (χ3n) is 4.74. The largest absolute Gasteiger partial charge is 0.366 e. The highest BCUT2D eigenvalue weighted by molar-refractivity contribution is 5.95. The van der Waals surface area contributed by atoms with Crippen LogP contribution in [0.5, 0.6) is 0 Å². The summed E-state index contributed by atoms with van der Waals surface area (Å²) in [6, 6.07) is 10.7. The average molecular weight is 371 g/mol. The van der Waals surface area contributed by atoms with Crippen molar-refractivity contribution in [3.63, 3.8) is 0 Å². The summed E-state index contributed by atoms with van der Waals surface area (Å²) >= 11 is 0. The molecule has 2 aromatic carbocycles. The van der Waals surface area contributed by atoms with Gasteiger partial charge in [0.05, 0.1) is 4.92 Å². The van der Waals surface area contributed by atoms with Gasteiger partial charge in [0.2, 0.25) is 0 Å². The Hall–Kier alpha value is -2.96. The van der Waals surface area contributed by atoms with Crippen LogP contribution in [-0.2, 0) is 6.42 Å². The zero-order valence-corrected chi connectivity index (χ0v) is 15.0. The highest BCUT2D eigenvalue weighted by atomic mass is 19.1. The first-order chi connectivity index (χ1) is 13.0. The quantitative estimate of drug-likeness (QED) is 0.621. The number of carbonyl (C=O) groups is 1. The fourth-order valence-electron chi connectivity index (χ4n) is 3.29. The number of nitro benzene ring substituents is 1. The zero-order valence-electron chi connectivity index (χ0n) is 15.0. The number of hydrogen-bond acceptors (Lipinski definition) is 4. The molecule has 0 saturated carbocycles. The predicted molar refractivity (Wildman–Crippen MR) is 102 cm³/mol. The molecular weight excluding hydrogens is 349 g/mol. The molecule has 1 N–H and O–H groups in total. The van der Waals surface area contributed by atoms with Gasteiger partial charge < -0.3 is 10.2 Å². The topological polar surface area (TPSA) is 75.5 Å². The molecule has 1 aliphatic rings. The number of halogens is 1. The summed E-state index contributed by atoms with van der Waals surface area (Å²) in [6.45, 7) is 1.96. The molecule has 2 aromatic rings. The number of rotatable bonds is 6. The molecule has 0 unspecified atom stereocenters. The van der Waals surface area contributed by atoms with Crippen LogP contribution in [0.25, 0.3) is 0 Å². The molecule has 0 aliphatic carbocycles. The van der Waals surface area contributed by atoms with Crippen LogP contribution in [0.2, 0.25) is 0 Å². The lowest BCUT2D eigenvalue weighted by atomic mass is 10.1. The van der Waals surface area contributed by atoms with E-state index in [4.69, 9.17) is 0 Å². The van der Waals surface area contributed by atoms with Crippen LogP contribution in [-0.4, -0.2) is 30.5 Å². The van der Waals surface area contributed by atoms with Crippen LogP contribution in [0.1, 0.15) is 35.2 Å². The van der Waals surface area contributed by atoms with Crippen molar-refractivity contribution in [3.8, 4) is 0 Å². The molecule has 27 heavy (non-hydrogen) atoms. The Balaban J connectivity index is 1.66. The summed E-state index contributed by atoms with van der Waals surface area (Å²) in [4.78, 5) is 25.4. The van der Waals surface area contributed by atoms with Crippen LogP contribution in [0.3, 0.4) is 0 Å². The van der Waals surface area contributed by atoms with Crippen molar-refractivity contribution in [1.82, 2.24) is 5.32 Å². The van der Waals surface area contributed by atoms with E-state index in [0.717, 1.165) is 37.9 Å². The first-order valence-corrected chi connectivity index (χ1v) is 9.10. The normalized spacial score (nSPS) is 14.0. The maximum absolute atomic E-state index is 12.9. The molecule has 142 valence electrons. The monoisotopic (exact) mass is 371 g/mol. The molecular formula is C20H22FN3O3. The van der Waals surface area contributed by atoms with E-state index in [1.807, 2.05) is 4.90 Å². The molecule has 0 spiro atoms. The molecule has 1 aliphatic heterocycles. The Morgan fingerprint density at radius 1 is 1.11 bits per heavy atom. The van der Waals surface area contributed by atoms with Crippen LogP contribution in [0.4, 0.5) is 15.8 Å². The minimum atomic E-state index is -0.431. The van der Waals surface area contributed by atoms with E-state index in [9.17, 15) is 19.3 Å². The van der Waals surface area contributed by atoms with E-state index in [-0.39, 0.29) is 23.0 Å². The number of nitrogens with zero attached hydrogens (tertiary/aromatic N) is 2. The molecule has 1 fully saturated rings. The summed E-state index contributed by atoms with van der Waals surface area (Å²) in [6.07, 6.45) is 3.73. The SMILES string of the molecule is O=C(NCCc1ccc(F)cc1)c1ccc(N2CCCCC2)c([N+](=O)[O-])c1. The minimum Gasteiger partial charge on any atom is -0.366 e. The van der Waals surface area contributed by atoms with Gasteiger partial charge in [0.1, 0.15) is 11.5 Å². The van der Waals surface area contributed by atoms with Crippen molar-refractivity contribution < 1.29 is 14.1 Å². The van der Waals surface area contributed by atoms with Gasteiger partial charge in [-0.05, 0) is 55.5 Å². The number of piperidine rings is 1. The summed E-state index contributed by atoms with van der Waals surface area (Å²) in [5.41, 5.74) is 1.70. The third kappa shape index (κ3) is 4.81. The van der Waals surface area contributed by atoms with Gasteiger partial charge in [-0.1, -0.05) is 12.1 Å². The Bertz CT molecular complexity index is 818. The predicted octanol–water partition coefficient (Wildman–Crippen LogP) is 3.70. The van der Waals surface area contributed by atoms with Gasteiger partial charge >= 0.3 is 0 Å². The molecule has 0 radical (unpaired) electrons. The van der Waals surface area contributed by atoms with E-state index in [2.05, 4.69) is 5.32 Å². The smallest absolute Gasteiger partial charge is 0.293 e. The number of carbonyl (C=O) groups excluding carboxylic acids is 1. The van der Waals surface area contributed by atoms with Gasteiger partial charge in [-0.15, -0.1) is 0 Å². The molecule has 3 rings (SSSR count). The van der Waals surface area contributed by atoms with Crippen LogP contribution >= 0.6 is 0 Å².